The molecule has 4 aromatic rings. The zero-order valence-electron chi connectivity index (χ0n) is 24.7. The number of halogens is 1. The van der Waals surface area contributed by atoms with Crippen molar-refractivity contribution in [2.45, 2.75) is 33.1 Å². The van der Waals surface area contributed by atoms with Gasteiger partial charge in [-0.2, -0.15) is 0 Å². The lowest BCUT2D eigenvalue weighted by molar-refractivity contribution is 0.103. The number of piperazine rings is 1. The maximum atomic E-state index is 14.8. The van der Waals surface area contributed by atoms with Gasteiger partial charge in [0.25, 0.3) is 11.5 Å². The van der Waals surface area contributed by atoms with Gasteiger partial charge in [-0.1, -0.05) is 26.8 Å². The highest BCUT2D eigenvalue weighted by atomic mass is 32.1. The lowest BCUT2D eigenvalue weighted by Gasteiger charge is -2.33. The summed E-state index contributed by atoms with van der Waals surface area (Å²) in [5.41, 5.74) is 3.75. The largest absolute Gasteiger partial charge is 0.368 e. The summed E-state index contributed by atoms with van der Waals surface area (Å²) in [5, 5.41) is 5.90. The van der Waals surface area contributed by atoms with E-state index in [4.69, 9.17) is 0 Å². The zero-order valence-corrected chi connectivity index (χ0v) is 25.5. The van der Waals surface area contributed by atoms with Crippen LogP contribution in [0.25, 0.3) is 11.1 Å². The number of hydrogen-bond acceptors (Lipinski definition) is 7. The Bertz CT molecular complexity index is 1640. The average molecular weight is 589 g/mol. The summed E-state index contributed by atoms with van der Waals surface area (Å²) in [6.45, 7) is 10.2. The Kier molecular flexibility index (Phi) is 8.74. The third kappa shape index (κ3) is 6.39. The van der Waals surface area contributed by atoms with Gasteiger partial charge in [0, 0.05) is 49.9 Å². The molecule has 8 nitrogen and oxygen atoms in total. The topological polar surface area (TPSA) is 82.5 Å². The Morgan fingerprint density at radius 1 is 1.02 bits per heavy atom. The molecule has 3 aromatic heterocycles. The molecule has 0 atom stereocenters. The number of aromatic nitrogens is 2. The van der Waals surface area contributed by atoms with Gasteiger partial charge < -0.3 is 25.0 Å². The predicted molar refractivity (Wildman–Crippen MR) is 170 cm³/mol. The van der Waals surface area contributed by atoms with Crippen molar-refractivity contribution in [3.8, 4) is 11.1 Å². The highest BCUT2D eigenvalue weighted by Gasteiger charge is 2.18. The molecule has 220 valence electrons. The fraction of sp³-hybridized carbons (Fsp3) is 0.344. The number of likely N-dealkylation sites (N-methyl/N-ethyl adjacent to an activating group) is 1. The van der Waals surface area contributed by atoms with Crippen LogP contribution in [0, 0.1) is 5.82 Å². The number of anilines is 4. The lowest BCUT2D eigenvalue weighted by atomic mass is 10.0. The highest BCUT2D eigenvalue weighted by Crippen LogP contribution is 2.31. The van der Waals surface area contributed by atoms with Crippen molar-refractivity contribution >= 4 is 40.1 Å². The molecule has 1 aliphatic heterocycles. The van der Waals surface area contributed by atoms with Gasteiger partial charge in [0.15, 0.2) is 0 Å². The quantitative estimate of drug-likeness (QED) is 0.260. The molecule has 1 aliphatic rings. The zero-order chi connectivity index (χ0) is 30.0. The molecule has 5 rings (SSSR count). The van der Waals surface area contributed by atoms with E-state index in [0.717, 1.165) is 48.7 Å². The van der Waals surface area contributed by atoms with Gasteiger partial charge in [0.05, 0.1) is 22.4 Å². The first-order valence-electron chi connectivity index (χ1n) is 14.2. The molecule has 0 bridgehead atoms. The molecule has 0 aliphatic carbocycles. The number of benzene rings is 1. The van der Waals surface area contributed by atoms with Gasteiger partial charge >= 0.3 is 0 Å². The fourth-order valence-corrected chi connectivity index (χ4v) is 6.26. The molecule has 1 aromatic carbocycles. The Morgan fingerprint density at radius 2 is 1.76 bits per heavy atom. The van der Waals surface area contributed by atoms with Gasteiger partial charge in [0.1, 0.15) is 17.3 Å². The van der Waals surface area contributed by atoms with Crippen LogP contribution >= 0.6 is 11.3 Å². The van der Waals surface area contributed by atoms with E-state index in [0.29, 0.717) is 33.4 Å². The van der Waals surface area contributed by atoms with Crippen molar-refractivity contribution in [2.24, 2.45) is 7.05 Å². The van der Waals surface area contributed by atoms with Crippen molar-refractivity contribution in [1.82, 2.24) is 14.5 Å². The molecule has 1 fully saturated rings. The average Bonchev–Trinajstić information content (AvgIpc) is 3.43. The third-order valence-electron chi connectivity index (χ3n) is 7.62. The van der Waals surface area contributed by atoms with E-state index in [1.807, 2.05) is 24.4 Å². The van der Waals surface area contributed by atoms with Crippen LogP contribution in [-0.2, 0) is 13.5 Å². The Balaban J connectivity index is 1.36. The maximum Gasteiger partial charge on any atom is 0.274 e. The highest BCUT2D eigenvalue weighted by molar-refractivity contribution is 7.14. The van der Waals surface area contributed by atoms with Crippen molar-refractivity contribution in [1.29, 1.82) is 0 Å². The molecule has 0 spiro atoms. The van der Waals surface area contributed by atoms with E-state index < -0.39 is 5.82 Å². The number of hydrogen-bond donors (Lipinski definition) is 2. The molecule has 2 N–H and O–H groups in total. The van der Waals surface area contributed by atoms with Gasteiger partial charge in [-0.25, -0.2) is 9.37 Å². The minimum absolute atomic E-state index is 0.0829. The van der Waals surface area contributed by atoms with Crippen LogP contribution in [0.3, 0.4) is 0 Å². The second kappa shape index (κ2) is 12.5. The summed E-state index contributed by atoms with van der Waals surface area (Å²) >= 11 is 1.45. The Hall–Kier alpha value is -4.02. The summed E-state index contributed by atoms with van der Waals surface area (Å²) in [6.07, 6.45) is 4.35. The van der Waals surface area contributed by atoms with Gasteiger partial charge in [0.2, 0.25) is 0 Å². The number of thiophene rings is 1. The minimum atomic E-state index is -0.531. The van der Waals surface area contributed by atoms with Gasteiger partial charge in [-0.3, -0.25) is 9.59 Å². The van der Waals surface area contributed by atoms with Crippen LogP contribution in [0.1, 0.15) is 46.8 Å². The number of amides is 1. The summed E-state index contributed by atoms with van der Waals surface area (Å²) < 4.78 is 16.3. The number of carbonyl (C=O) groups is 1. The summed E-state index contributed by atoms with van der Waals surface area (Å²) in [6, 6.07) is 12.1. The number of pyridine rings is 2. The van der Waals surface area contributed by atoms with Gasteiger partial charge in [-0.05, 0) is 66.9 Å². The van der Waals surface area contributed by atoms with E-state index in [9.17, 15) is 14.0 Å². The number of rotatable bonds is 8. The van der Waals surface area contributed by atoms with Crippen LogP contribution < -0.4 is 21.1 Å². The molecule has 1 saturated heterocycles. The summed E-state index contributed by atoms with van der Waals surface area (Å²) in [7, 11) is 3.79. The van der Waals surface area contributed by atoms with Crippen LogP contribution in [0.4, 0.5) is 27.3 Å². The Morgan fingerprint density at radius 3 is 2.40 bits per heavy atom. The van der Waals surface area contributed by atoms with Crippen LogP contribution in [0.15, 0.2) is 59.7 Å². The van der Waals surface area contributed by atoms with E-state index >= 15 is 0 Å². The van der Waals surface area contributed by atoms with Crippen molar-refractivity contribution in [2.75, 3.05) is 48.8 Å². The monoisotopic (exact) mass is 588 g/mol. The first-order valence-corrected chi connectivity index (χ1v) is 15.1. The normalized spacial score (nSPS) is 13.9. The molecular weight excluding hydrogens is 551 g/mol. The maximum absolute atomic E-state index is 14.8. The SMILES string of the molecule is CCc1sc(C(=O)Nc2cc(-c3cc(Nc4ccc(N5CCN(C)CC5)cn4)c(=O)n(C)c3)ccc2F)cc1C(C)C. The van der Waals surface area contributed by atoms with Crippen molar-refractivity contribution < 1.29 is 9.18 Å². The van der Waals surface area contributed by atoms with E-state index in [1.165, 1.54) is 22.0 Å². The van der Waals surface area contributed by atoms with E-state index in [-0.39, 0.29) is 17.2 Å². The second-order valence-electron chi connectivity index (χ2n) is 11.0. The predicted octanol–water partition coefficient (Wildman–Crippen LogP) is 6.08. The number of aryl methyl sites for hydroxylation is 2. The van der Waals surface area contributed by atoms with Crippen LogP contribution in [-0.4, -0.2) is 53.6 Å². The smallest absolute Gasteiger partial charge is 0.274 e. The summed E-state index contributed by atoms with van der Waals surface area (Å²) in [4.78, 5) is 36.9. The first-order chi connectivity index (χ1) is 20.1. The van der Waals surface area contributed by atoms with Crippen LogP contribution in [0.2, 0.25) is 0 Å². The second-order valence-corrected chi connectivity index (χ2v) is 12.2. The first kappa shape index (κ1) is 29.5. The van der Waals surface area contributed by atoms with E-state index in [1.54, 1.807) is 31.4 Å². The fourth-order valence-electron chi connectivity index (χ4n) is 5.11. The van der Waals surface area contributed by atoms with E-state index in [2.05, 4.69) is 53.2 Å². The molecule has 0 saturated carbocycles. The lowest BCUT2D eigenvalue weighted by Crippen LogP contribution is -2.44. The standard InChI is InChI=1S/C32H37FN6O2S/c1-6-28-24(20(2)3)17-29(42-28)31(40)36-26-15-21(7-9-25(26)33)22-16-27(32(41)38(5)19-22)35-30-10-8-23(18-34-30)39-13-11-37(4)12-14-39/h7-10,15-20H,6,11-14H2,1-5H3,(H,34,35)(H,36,40). The number of carbonyl (C=O) groups excluding carboxylic acids is 1. The third-order valence-corrected chi connectivity index (χ3v) is 8.91. The van der Waals surface area contributed by atoms with Crippen molar-refractivity contribution in [3.05, 3.63) is 86.3 Å². The van der Waals surface area contributed by atoms with Crippen LogP contribution in [0.5, 0.6) is 0 Å². The molecule has 42 heavy (non-hydrogen) atoms. The molecule has 10 heteroatoms. The molecule has 4 heterocycles. The molecular formula is C32H37FN6O2S. The molecule has 1 amide bonds. The van der Waals surface area contributed by atoms with Gasteiger partial charge in [-0.15, -0.1) is 11.3 Å². The number of nitrogens with zero attached hydrogens (tertiary/aromatic N) is 4. The molecule has 0 unspecified atom stereocenters. The van der Waals surface area contributed by atoms with Crippen molar-refractivity contribution in [3.63, 3.8) is 0 Å². The molecule has 0 radical (unpaired) electrons. The summed E-state index contributed by atoms with van der Waals surface area (Å²) in [5.74, 6) is -0.0180. The number of nitrogens with one attached hydrogen (secondary N) is 2. The minimum Gasteiger partial charge on any atom is -0.368 e. The Labute approximate surface area is 249 Å².